The van der Waals surface area contributed by atoms with Gasteiger partial charge in [0.15, 0.2) is 0 Å². The quantitative estimate of drug-likeness (QED) is 0.787. The van der Waals surface area contributed by atoms with Crippen molar-refractivity contribution in [3.63, 3.8) is 0 Å². The lowest BCUT2D eigenvalue weighted by Crippen LogP contribution is -2.43. The lowest BCUT2D eigenvalue weighted by Gasteiger charge is -2.14. The summed E-state index contributed by atoms with van der Waals surface area (Å²) in [6, 6.07) is 6.90. The van der Waals surface area contributed by atoms with Crippen LogP contribution in [-0.4, -0.2) is 36.9 Å². The van der Waals surface area contributed by atoms with Crippen LogP contribution in [0.1, 0.15) is 17.3 Å². The van der Waals surface area contributed by atoms with Gasteiger partial charge in [0.05, 0.1) is 5.56 Å². The number of carbonyl (C=O) groups is 2. The van der Waals surface area contributed by atoms with E-state index in [-0.39, 0.29) is 11.8 Å². The molecule has 6 nitrogen and oxygen atoms in total. The van der Waals surface area contributed by atoms with Crippen LogP contribution in [0.5, 0.6) is 0 Å². The Bertz CT molecular complexity index is 684. The molecule has 21 heavy (non-hydrogen) atoms. The van der Waals surface area contributed by atoms with Gasteiger partial charge in [0.1, 0.15) is 11.9 Å². The number of nitrogens with zero attached hydrogens (tertiary/aromatic N) is 1. The zero-order valence-corrected chi connectivity index (χ0v) is 12.2. The molecule has 0 radical (unpaired) electrons. The third kappa shape index (κ3) is 2.94. The summed E-state index contributed by atoms with van der Waals surface area (Å²) >= 11 is 0. The molecule has 0 aliphatic heterocycles. The maximum atomic E-state index is 12.3. The van der Waals surface area contributed by atoms with Crippen LogP contribution < -0.4 is 16.0 Å². The number of hydrogen-bond donors (Lipinski definition) is 3. The molecule has 6 heteroatoms. The smallest absolute Gasteiger partial charge is 0.254 e. The second-order valence-electron chi connectivity index (χ2n) is 4.63. The van der Waals surface area contributed by atoms with Gasteiger partial charge in [0.2, 0.25) is 5.91 Å². The molecular formula is C15H18N4O2. The molecule has 1 aromatic heterocycles. The summed E-state index contributed by atoms with van der Waals surface area (Å²) in [6.07, 6.45) is 1.51. The van der Waals surface area contributed by atoms with Crippen molar-refractivity contribution in [2.75, 3.05) is 19.4 Å². The summed E-state index contributed by atoms with van der Waals surface area (Å²) in [5, 5.41) is 9.81. The van der Waals surface area contributed by atoms with E-state index in [4.69, 9.17) is 0 Å². The fourth-order valence-corrected chi connectivity index (χ4v) is 2.13. The van der Waals surface area contributed by atoms with Gasteiger partial charge in [-0.25, -0.2) is 4.98 Å². The number of fused-ring (bicyclic) bond motifs is 1. The first kappa shape index (κ1) is 14.8. The van der Waals surface area contributed by atoms with Crippen LogP contribution in [0.15, 0.2) is 30.5 Å². The predicted molar refractivity (Wildman–Crippen MR) is 82.3 cm³/mol. The monoisotopic (exact) mass is 286 g/mol. The van der Waals surface area contributed by atoms with Gasteiger partial charge in [-0.15, -0.1) is 0 Å². The van der Waals surface area contributed by atoms with Gasteiger partial charge < -0.3 is 16.0 Å². The van der Waals surface area contributed by atoms with Gasteiger partial charge in [-0.05, 0) is 12.3 Å². The number of nitrogens with one attached hydrogen (secondary N) is 3. The lowest BCUT2D eigenvalue weighted by atomic mass is 10.1. The minimum Gasteiger partial charge on any atom is -0.373 e. The molecule has 0 fully saturated rings. The van der Waals surface area contributed by atoms with Crippen molar-refractivity contribution in [2.24, 2.45) is 0 Å². The van der Waals surface area contributed by atoms with E-state index in [0.717, 1.165) is 10.8 Å². The topological polar surface area (TPSA) is 83.1 Å². The molecule has 0 aliphatic rings. The van der Waals surface area contributed by atoms with Gasteiger partial charge >= 0.3 is 0 Å². The molecule has 1 unspecified atom stereocenters. The van der Waals surface area contributed by atoms with Crippen molar-refractivity contribution in [1.82, 2.24) is 15.6 Å². The number of aromatic nitrogens is 1. The molecule has 3 N–H and O–H groups in total. The lowest BCUT2D eigenvalue weighted by molar-refractivity contribution is -0.122. The summed E-state index contributed by atoms with van der Waals surface area (Å²) < 4.78 is 0. The average molecular weight is 286 g/mol. The first-order valence-electron chi connectivity index (χ1n) is 6.66. The van der Waals surface area contributed by atoms with Crippen LogP contribution >= 0.6 is 0 Å². The highest BCUT2D eigenvalue weighted by atomic mass is 16.2. The third-order valence-electron chi connectivity index (χ3n) is 3.26. The van der Waals surface area contributed by atoms with Crippen LogP contribution in [-0.2, 0) is 4.79 Å². The fraction of sp³-hybridized carbons (Fsp3) is 0.267. The zero-order chi connectivity index (χ0) is 15.4. The van der Waals surface area contributed by atoms with Gasteiger partial charge in [-0.2, -0.15) is 0 Å². The molecule has 0 aliphatic carbocycles. The SMILES string of the molecule is CNC(=O)C(C)NC(=O)c1cnc(NC)c2ccccc12. The van der Waals surface area contributed by atoms with Gasteiger partial charge in [-0.1, -0.05) is 24.3 Å². The van der Waals surface area contributed by atoms with Gasteiger partial charge in [0.25, 0.3) is 5.91 Å². The maximum absolute atomic E-state index is 12.3. The Balaban J connectivity index is 2.38. The van der Waals surface area contributed by atoms with E-state index < -0.39 is 6.04 Å². The maximum Gasteiger partial charge on any atom is 0.254 e. The molecule has 0 spiro atoms. The number of anilines is 1. The summed E-state index contributed by atoms with van der Waals surface area (Å²) in [6.45, 7) is 1.63. The first-order chi connectivity index (χ1) is 10.1. The largest absolute Gasteiger partial charge is 0.373 e. The molecule has 0 bridgehead atoms. The minimum atomic E-state index is -0.606. The molecule has 0 saturated heterocycles. The Morgan fingerprint density at radius 2 is 1.81 bits per heavy atom. The van der Waals surface area contributed by atoms with Crippen molar-refractivity contribution < 1.29 is 9.59 Å². The summed E-state index contributed by atoms with van der Waals surface area (Å²) in [5.74, 6) is 0.145. The second-order valence-corrected chi connectivity index (χ2v) is 4.63. The van der Waals surface area contributed by atoms with E-state index in [1.165, 1.54) is 13.2 Å². The van der Waals surface area contributed by atoms with Crippen LogP contribution in [0.4, 0.5) is 5.82 Å². The van der Waals surface area contributed by atoms with Crippen molar-refractivity contribution in [1.29, 1.82) is 0 Å². The standard InChI is InChI=1S/C15H18N4O2/c1-9(14(20)17-3)19-15(21)12-8-18-13(16-2)11-7-5-4-6-10(11)12/h4-9H,1-3H3,(H,16,18)(H,17,20)(H,19,21). The number of amides is 2. The van der Waals surface area contributed by atoms with E-state index in [1.54, 1.807) is 14.0 Å². The van der Waals surface area contributed by atoms with E-state index >= 15 is 0 Å². The van der Waals surface area contributed by atoms with Crippen LogP contribution in [0.3, 0.4) is 0 Å². The molecule has 1 aromatic carbocycles. The number of rotatable bonds is 4. The van der Waals surface area contributed by atoms with Gasteiger partial charge in [-0.3, -0.25) is 9.59 Å². The number of hydrogen-bond acceptors (Lipinski definition) is 4. The summed E-state index contributed by atoms with van der Waals surface area (Å²) in [4.78, 5) is 28.1. The van der Waals surface area contributed by atoms with Crippen molar-refractivity contribution in [3.05, 3.63) is 36.0 Å². The van der Waals surface area contributed by atoms with E-state index in [0.29, 0.717) is 11.4 Å². The number of pyridine rings is 1. The van der Waals surface area contributed by atoms with E-state index in [9.17, 15) is 9.59 Å². The molecule has 0 saturated carbocycles. The molecule has 110 valence electrons. The van der Waals surface area contributed by atoms with Crippen LogP contribution in [0, 0.1) is 0 Å². The van der Waals surface area contributed by atoms with Crippen LogP contribution in [0.25, 0.3) is 10.8 Å². The third-order valence-corrected chi connectivity index (χ3v) is 3.26. The average Bonchev–Trinajstić information content (AvgIpc) is 2.52. The van der Waals surface area contributed by atoms with Crippen molar-refractivity contribution >= 4 is 28.4 Å². The molecule has 2 rings (SSSR count). The number of benzene rings is 1. The Labute approximate surface area is 122 Å². The molecule has 2 aromatic rings. The summed E-state index contributed by atoms with van der Waals surface area (Å²) in [5.41, 5.74) is 0.445. The minimum absolute atomic E-state index is 0.243. The first-order valence-corrected chi connectivity index (χ1v) is 6.66. The van der Waals surface area contributed by atoms with E-state index in [2.05, 4.69) is 20.9 Å². The Hall–Kier alpha value is -2.63. The molecule has 1 heterocycles. The predicted octanol–water partition coefficient (Wildman–Crippen LogP) is 1.14. The highest BCUT2D eigenvalue weighted by molar-refractivity contribution is 6.10. The normalized spacial score (nSPS) is 11.8. The number of likely N-dealkylation sites (N-methyl/N-ethyl adjacent to an activating group) is 1. The Morgan fingerprint density at radius 3 is 2.43 bits per heavy atom. The molecular weight excluding hydrogens is 268 g/mol. The Morgan fingerprint density at radius 1 is 1.14 bits per heavy atom. The van der Waals surface area contributed by atoms with Gasteiger partial charge in [0, 0.05) is 25.7 Å². The summed E-state index contributed by atoms with van der Waals surface area (Å²) in [7, 11) is 3.31. The highest BCUT2D eigenvalue weighted by Crippen LogP contribution is 2.24. The Kier molecular flexibility index (Phi) is 4.37. The van der Waals surface area contributed by atoms with Crippen molar-refractivity contribution in [2.45, 2.75) is 13.0 Å². The second kappa shape index (κ2) is 6.21. The fourth-order valence-electron chi connectivity index (χ4n) is 2.13. The molecule has 1 atom stereocenters. The van der Waals surface area contributed by atoms with Crippen molar-refractivity contribution in [3.8, 4) is 0 Å². The van der Waals surface area contributed by atoms with E-state index in [1.807, 2.05) is 24.3 Å². The number of carbonyl (C=O) groups excluding carboxylic acids is 2. The highest BCUT2D eigenvalue weighted by Gasteiger charge is 2.18. The van der Waals surface area contributed by atoms with Crippen LogP contribution in [0.2, 0.25) is 0 Å². The zero-order valence-electron chi connectivity index (χ0n) is 12.2. The molecule has 2 amide bonds.